The number of piperazine rings is 1. The first-order valence-electron chi connectivity index (χ1n) is 7.14. The molecule has 0 atom stereocenters. The van der Waals surface area contributed by atoms with Gasteiger partial charge in [0.2, 0.25) is 5.91 Å². The van der Waals surface area contributed by atoms with Crippen molar-refractivity contribution < 1.29 is 14.3 Å². The summed E-state index contributed by atoms with van der Waals surface area (Å²) in [6, 6.07) is 3.59. The summed E-state index contributed by atoms with van der Waals surface area (Å²) >= 11 is 0. The van der Waals surface area contributed by atoms with Crippen LogP contribution in [0.2, 0.25) is 0 Å². The number of nitrogen functional groups attached to an aromatic ring is 1. The molecule has 116 valence electrons. The molecule has 1 aliphatic heterocycles. The highest BCUT2D eigenvalue weighted by atomic mass is 16.5. The zero-order chi connectivity index (χ0) is 15.2. The van der Waals surface area contributed by atoms with Crippen LogP contribution in [0, 0.1) is 0 Å². The third-order valence-corrected chi connectivity index (χ3v) is 3.72. The van der Waals surface area contributed by atoms with Crippen molar-refractivity contribution in [2.45, 2.75) is 12.8 Å². The molecule has 0 bridgehead atoms. The summed E-state index contributed by atoms with van der Waals surface area (Å²) in [5.41, 5.74) is 7.55. The van der Waals surface area contributed by atoms with Crippen molar-refractivity contribution in [2.24, 2.45) is 0 Å². The number of hydrogen-bond acceptors (Lipinski definition) is 5. The number of methoxy groups -OCH3 is 2. The number of nitrogens with one attached hydrogen (secondary N) is 1. The number of nitrogens with two attached hydrogens (primary N) is 1. The number of amides is 1. The van der Waals surface area contributed by atoms with Gasteiger partial charge in [0.1, 0.15) is 0 Å². The second kappa shape index (κ2) is 7.17. The lowest BCUT2D eigenvalue weighted by atomic mass is 10.1. The summed E-state index contributed by atoms with van der Waals surface area (Å²) in [5.74, 6) is 1.41. The Kier molecular flexibility index (Phi) is 5.27. The lowest BCUT2D eigenvalue weighted by molar-refractivity contribution is -0.131. The van der Waals surface area contributed by atoms with Gasteiger partial charge in [-0.2, -0.15) is 0 Å². The van der Waals surface area contributed by atoms with E-state index in [0.29, 0.717) is 30.0 Å². The Morgan fingerprint density at radius 1 is 1.24 bits per heavy atom. The molecule has 1 amide bonds. The molecule has 0 unspecified atom stereocenters. The molecular formula is C15H23N3O3. The van der Waals surface area contributed by atoms with E-state index in [0.717, 1.165) is 31.7 Å². The van der Waals surface area contributed by atoms with E-state index in [-0.39, 0.29) is 5.91 Å². The highest BCUT2D eigenvalue weighted by Crippen LogP contribution is 2.32. The van der Waals surface area contributed by atoms with Gasteiger partial charge in [0.15, 0.2) is 11.5 Å². The van der Waals surface area contributed by atoms with Crippen LogP contribution in [0.15, 0.2) is 12.1 Å². The van der Waals surface area contributed by atoms with Gasteiger partial charge in [-0.15, -0.1) is 0 Å². The third-order valence-electron chi connectivity index (χ3n) is 3.72. The molecule has 0 aliphatic carbocycles. The first-order chi connectivity index (χ1) is 10.2. The Labute approximate surface area is 125 Å². The lowest BCUT2D eigenvalue weighted by Gasteiger charge is -2.27. The highest BCUT2D eigenvalue weighted by molar-refractivity contribution is 5.77. The summed E-state index contributed by atoms with van der Waals surface area (Å²) in [5, 5.41) is 3.24. The number of carbonyl (C=O) groups is 1. The Bertz CT molecular complexity index is 499. The van der Waals surface area contributed by atoms with Crippen LogP contribution < -0.4 is 20.5 Å². The minimum absolute atomic E-state index is 0.172. The highest BCUT2D eigenvalue weighted by Gasteiger charge is 2.17. The van der Waals surface area contributed by atoms with Gasteiger partial charge in [-0.1, -0.05) is 0 Å². The Balaban J connectivity index is 2.00. The first kappa shape index (κ1) is 15.4. The largest absolute Gasteiger partial charge is 0.493 e. The molecule has 6 heteroatoms. The van der Waals surface area contributed by atoms with E-state index in [1.54, 1.807) is 20.3 Å². The Morgan fingerprint density at radius 3 is 2.48 bits per heavy atom. The molecule has 1 saturated heterocycles. The SMILES string of the molecule is COc1cc(N)c(CCC(=O)N2CCNCC2)cc1OC. The fourth-order valence-corrected chi connectivity index (χ4v) is 2.47. The fourth-order valence-electron chi connectivity index (χ4n) is 2.47. The predicted octanol–water partition coefficient (Wildman–Crippen LogP) is 0.650. The second-order valence-corrected chi connectivity index (χ2v) is 5.04. The van der Waals surface area contributed by atoms with Crippen molar-refractivity contribution in [3.63, 3.8) is 0 Å². The molecule has 1 aromatic carbocycles. The molecule has 3 N–H and O–H groups in total. The van der Waals surface area contributed by atoms with Gasteiger partial charge in [-0.25, -0.2) is 0 Å². The van der Waals surface area contributed by atoms with Crippen LogP contribution in [0.1, 0.15) is 12.0 Å². The maximum atomic E-state index is 12.2. The normalized spacial score (nSPS) is 14.9. The molecule has 0 radical (unpaired) electrons. The predicted molar refractivity (Wildman–Crippen MR) is 81.7 cm³/mol. The Morgan fingerprint density at radius 2 is 1.86 bits per heavy atom. The van der Waals surface area contributed by atoms with Crippen molar-refractivity contribution in [3.05, 3.63) is 17.7 Å². The van der Waals surface area contributed by atoms with Gasteiger partial charge >= 0.3 is 0 Å². The van der Waals surface area contributed by atoms with Gasteiger partial charge in [0.25, 0.3) is 0 Å². The number of rotatable bonds is 5. The van der Waals surface area contributed by atoms with Gasteiger partial charge in [0, 0.05) is 44.4 Å². The summed E-state index contributed by atoms with van der Waals surface area (Å²) < 4.78 is 10.5. The van der Waals surface area contributed by atoms with Crippen molar-refractivity contribution in [1.82, 2.24) is 10.2 Å². The zero-order valence-electron chi connectivity index (χ0n) is 12.6. The number of carbonyl (C=O) groups excluding carboxylic acids is 1. The summed E-state index contributed by atoms with van der Waals surface area (Å²) in [6.45, 7) is 3.29. The molecule has 0 saturated carbocycles. The second-order valence-electron chi connectivity index (χ2n) is 5.04. The van der Waals surface area contributed by atoms with E-state index in [9.17, 15) is 4.79 Å². The number of benzene rings is 1. The van der Waals surface area contributed by atoms with Crippen molar-refractivity contribution in [3.8, 4) is 11.5 Å². The molecule has 1 aliphatic rings. The quantitative estimate of drug-likeness (QED) is 0.780. The summed E-state index contributed by atoms with van der Waals surface area (Å²) in [4.78, 5) is 14.1. The average Bonchev–Trinajstić information content (AvgIpc) is 2.53. The van der Waals surface area contributed by atoms with Crippen LogP contribution in [0.3, 0.4) is 0 Å². The van der Waals surface area contributed by atoms with Crippen LogP contribution in [0.25, 0.3) is 0 Å². The van der Waals surface area contributed by atoms with E-state index in [1.165, 1.54) is 0 Å². The van der Waals surface area contributed by atoms with Crippen molar-refractivity contribution >= 4 is 11.6 Å². The molecule has 1 fully saturated rings. The number of ether oxygens (including phenoxy) is 2. The van der Waals surface area contributed by atoms with Crippen LogP contribution in [-0.2, 0) is 11.2 Å². The molecule has 2 rings (SSSR count). The minimum Gasteiger partial charge on any atom is -0.493 e. The molecule has 1 aromatic rings. The number of hydrogen-bond donors (Lipinski definition) is 2. The summed E-state index contributed by atoms with van der Waals surface area (Å²) in [6.07, 6.45) is 1.06. The van der Waals surface area contributed by atoms with E-state index in [1.807, 2.05) is 11.0 Å². The average molecular weight is 293 g/mol. The van der Waals surface area contributed by atoms with E-state index in [4.69, 9.17) is 15.2 Å². The number of nitrogens with zero attached hydrogens (tertiary/aromatic N) is 1. The van der Waals surface area contributed by atoms with E-state index in [2.05, 4.69) is 5.32 Å². The Hall–Kier alpha value is -1.95. The maximum Gasteiger partial charge on any atom is 0.222 e. The first-order valence-corrected chi connectivity index (χ1v) is 7.14. The van der Waals surface area contributed by atoms with Crippen LogP contribution in [0.5, 0.6) is 11.5 Å². The van der Waals surface area contributed by atoms with Gasteiger partial charge < -0.3 is 25.4 Å². The zero-order valence-corrected chi connectivity index (χ0v) is 12.6. The van der Waals surface area contributed by atoms with Gasteiger partial charge in [0.05, 0.1) is 14.2 Å². The van der Waals surface area contributed by atoms with Crippen LogP contribution in [0.4, 0.5) is 5.69 Å². The van der Waals surface area contributed by atoms with Crippen molar-refractivity contribution in [2.75, 3.05) is 46.1 Å². The number of anilines is 1. The van der Waals surface area contributed by atoms with Crippen LogP contribution >= 0.6 is 0 Å². The van der Waals surface area contributed by atoms with Crippen molar-refractivity contribution in [1.29, 1.82) is 0 Å². The monoisotopic (exact) mass is 293 g/mol. The molecule has 6 nitrogen and oxygen atoms in total. The van der Waals surface area contributed by atoms with E-state index >= 15 is 0 Å². The standard InChI is InChI=1S/C15H23N3O3/c1-20-13-9-11(12(16)10-14(13)21-2)3-4-15(19)18-7-5-17-6-8-18/h9-10,17H,3-8,16H2,1-2H3. The third kappa shape index (κ3) is 3.78. The lowest BCUT2D eigenvalue weighted by Crippen LogP contribution is -2.46. The topological polar surface area (TPSA) is 76.8 Å². The molecule has 21 heavy (non-hydrogen) atoms. The van der Waals surface area contributed by atoms with Gasteiger partial charge in [-0.05, 0) is 18.1 Å². The van der Waals surface area contributed by atoms with E-state index < -0.39 is 0 Å². The smallest absolute Gasteiger partial charge is 0.222 e. The molecular weight excluding hydrogens is 270 g/mol. The summed E-state index contributed by atoms with van der Waals surface area (Å²) in [7, 11) is 3.16. The maximum absolute atomic E-state index is 12.2. The van der Waals surface area contributed by atoms with Gasteiger partial charge in [-0.3, -0.25) is 4.79 Å². The molecule has 0 spiro atoms. The molecule has 0 aromatic heterocycles. The number of aryl methyl sites for hydroxylation is 1. The van der Waals surface area contributed by atoms with Crippen LogP contribution in [-0.4, -0.2) is 51.2 Å². The fraction of sp³-hybridized carbons (Fsp3) is 0.533. The minimum atomic E-state index is 0.172. The molecule has 1 heterocycles.